The van der Waals surface area contributed by atoms with Crippen molar-refractivity contribution in [2.45, 2.75) is 239 Å². The van der Waals surface area contributed by atoms with Crippen molar-refractivity contribution in [1.82, 2.24) is 4.90 Å². The summed E-state index contributed by atoms with van der Waals surface area (Å²) in [5.41, 5.74) is 5.83. The van der Waals surface area contributed by atoms with Gasteiger partial charge in [0.25, 0.3) is 0 Å². The van der Waals surface area contributed by atoms with Gasteiger partial charge in [-0.05, 0) is 58.0 Å². The molecule has 0 aromatic rings. The van der Waals surface area contributed by atoms with Crippen LogP contribution in [0.5, 0.6) is 0 Å². The molecule has 0 heterocycles. The second kappa shape index (κ2) is 47.7. The third-order valence-electron chi connectivity index (χ3n) is 10.8. The van der Waals surface area contributed by atoms with Gasteiger partial charge in [-0.2, -0.15) is 0 Å². The van der Waals surface area contributed by atoms with Gasteiger partial charge in [-0.15, -0.1) is 0 Å². The third kappa shape index (κ3) is 43.2. The molecular formula is C49H98N2O8. The minimum atomic E-state index is -0.359. The lowest BCUT2D eigenvalue weighted by atomic mass is 10.1. The fraction of sp³-hybridized carbons (Fsp3) is 0.959. The van der Waals surface area contributed by atoms with Gasteiger partial charge in [0.15, 0.2) is 12.6 Å². The predicted octanol–water partition coefficient (Wildman–Crippen LogP) is 12.2. The Bertz CT molecular complexity index is 766. The van der Waals surface area contributed by atoms with Gasteiger partial charge in [-0.1, -0.05) is 156 Å². The number of rotatable bonds is 49. The number of carbonyl (C=O) groups excluding carboxylic acids is 2. The third-order valence-corrected chi connectivity index (χ3v) is 10.8. The lowest BCUT2D eigenvalue weighted by Gasteiger charge is -2.22. The van der Waals surface area contributed by atoms with Gasteiger partial charge in [-0.25, -0.2) is 0 Å². The van der Waals surface area contributed by atoms with Crippen LogP contribution in [-0.2, 0) is 38.0 Å². The van der Waals surface area contributed by atoms with E-state index in [-0.39, 0.29) is 37.4 Å². The molecule has 0 bridgehead atoms. The minimum absolute atomic E-state index is 0.204. The molecule has 2 N–H and O–H groups in total. The van der Waals surface area contributed by atoms with E-state index in [4.69, 9.17) is 34.2 Å². The Balaban J connectivity index is 4.54. The molecule has 10 nitrogen and oxygen atoms in total. The lowest BCUT2D eigenvalue weighted by Crippen LogP contribution is -2.30. The van der Waals surface area contributed by atoms with Crippen molar-refractivity contribution < 1.29 is 38.0 Å². The van der Waals surface area contributed by atoms with Crippen LogP contribution >= 0.6 is 0 Å². The normalized spacial score (nSPS) is 11.7. The number of nitrogens with zero attached hydrogens (tertiary/aromatic N) is 1. The molecule has 0 saturated carbocycles. The van der Waals surface area contributed by atoms with Crippen LogP contribution in [0.3, 0.4) is 0 Å². The van der Waals surface area contributed by atoms with E-state index in [9.17, 15) is 9.59 Å². The van der Waals surface area contributed by atoms with Crippen molar-refractivity contribution >= 4 is 11.9 Å². The Kier molecular flexibility index (Phi) is 46.7. The zero-order chi connectivity index (χ0) is 43.1. The average molecular weight is 843 g/mol. The van der Waals surface area contributed by atoms with Crippen molar-refractivity contribution in [3.63, 3.8) is 0 Å². The van der Waals surface area contributed by atoms with Gasteiger partial charge in [-0.3, -0.25) is 9.59 Å². The smallest absolute Gasteiger partial charge is 0.305 e. The largest absolute Gasteiger partial charge is 0.466 e. The van der Waals surface area contributed by atoms with Gasteiger partial charge >= 0.3 is 11.9 Å². The molecule has 0 aliphatic heterocycles. The molecule has 0 aromatic heterocycles. The molecule has 0 rings (SSSR count). The first kappa shape index (κ1) is 57.7. The molecule has 0 atom stereocenters. The number of carbonyl (C=O) groups is 2. The SMILES string of the molecule is CCCCCCCCOC(CCC(=O)OCCCN(CCCN)CCCOC(=O)CCC(OCCCCCCCC)OCCCCCCCC)OCCCCCCCC. The van der Waals surface area contributed by atoms with E-state index >= 15 is 0 Å². The van der Waals surface area contributed by atoms with Crippen LogP contribution in [-0.4, -0.2) is 95.2 Å². The Hall–Kier alpha value is -1.30. The van der Waals surface area contributed by atoms with Crippen molar-refractivity contribution in [1.29, 1.82) is 0 Å². The number of esters is 2. The van der Waals surface area contributed by atoms with Crippen LogP contribution < -0.4 is 5.73 Å². The van der Waals surface area contributed by atoms with E-state index in [0.717, 1.165) is 64.6 Å². The summed E-state index contributed by atoms with van der Waals surface area (Å²) in [5.74, 6) is -0.408. The molecule has 0 radical (unpaired) electrons. The van der Waals surface area contributed by atoms with Crippen LogP contribution in [0.4, 0.5) is 0 Å². The van der Waals surface area contributed by atoms with Crippen molar-refractivity contribution in [3.8, 4) is 0 Å². The highest BCUT2D eigenvalue weighted by Crippen LogP contribution is 2.14. The first-order valence-corrected chi connectivity index (χ1v) is 25.2. The van der Waals surface area contributed by atoms with Gasteiger partial charge in [0.2, 0.25) is 0 Å². The fourth-order valence-corrected chi connectivity index (χ4v) is 7.03. The second-order valence-electron chi connectivity index (χ2n) is 16.6. The van der Waals surface area contributed by atoms with Crippen LogP contribution in [0.25, 0.3) is 0 Å². The van der Waals surface area contributed by atoms with Crippen LogP contribution in [0.15, 0.2) is 0 Å². The van der Waals surface area contributed by atoms with Crippen molar-refractivity contribution in [2.75, 3.05) is 65.8 Å². The Labute approximate surface area is 364 Å². The number of ether oxygens (including phenoxy) is 6. The molecule has 59 heavy (non-hydrogen) atoms. The standard InChI is InChI=1S/C49H98N2O8/c1-5-9-13-17-21-25-40-56-48(57-41-26-22-18-14-10-6-2)34-32-46(52)54-44-30-38-51(37-29-36-50)39-31-45-55-47(53)33-35-49(58-42-27-23-19-15-11-7-3)59-43-28-24-20-16-12-8-4/h48-49H,5-45,50H2,1-4H3. The molecule has 352 valence electrons. The van der Waals surface area contributed by atoms with Crippen LogP contribution in [0, 0.1) is 0 Å². The summed E-state index contributed by atoms with van der Waals surface area (Å²) >= 11 is 0. The van der Waals surface area contributed by atoms with Gasteiger partial charge in [0.1, 0.15) is 0 Å². The van der Waals surface area contributed by atoms with Gasteiger partial charge < -0.3 is 39.1 Å². The molecule has 0 saturated heterocycles. The highest BCUT2D eigenvalue weighted by Gasteiger charge is 2.16. The first-order valence-electron chi connectivity index (χ1n) is 25.2. The average Bonchev–Trinajstić information content (AvgIpc) is 3.24. The first-order chi connectivity index (χ1) is 29.0. The maximum atomic E-state index is 12.7. The van der Waals surface area contributed by atoms with E-state index in [1.54, 1.807) is 0 Å². The number of unbranched alkanes of at least 4 members (excludes halogenated alkanes) is 20. The van der Waals surface area contributed by atoms with E-state index in [1.165, 1.54) is 128 Å². The van der Waals surface area contributed by atoms with E-state index < -0.39 is 0 Å². The molecule has 0 aromatic carbocycles. The van der Waals surface area contributed by atoms with Crippen LogP contribution in [0.1, 0.15) is 227 Å². The lowest BCUT2D eigenvalue weighted by molar-refractivity contribution is -0.159. The van der Waals surface area contributed by atoms with Crippen molar-refractivity contribution in [2.24, 2.45) is 5.73 Å². The monoisotopic (exact) mass is 843 g/mol. The quantitative estimate of drug-likeness (QED) is 0.0360. The Morgan fingerprint density at radius 3 is 0.983 bits per heavy atom. The molecular weight excluding hydrogens is 745 g/mol. The van der Waals surface area contributed by atoms with Crippen LogP contribution in [0.2, 0.25) is 0 Å². The maximum absolute atomic E-state index is 12.7. The molecule has 10 heteroatoms. The van der Waals surface area contributed by atoms with Gasteiger partial charge in [0, 0.05) is 52.4 Å². The topological polar surface area (TPSA) is 119 Å². The summed E-state index contributed by atoms with van der Waals surface area (Å²) in [6.07, 6.45) is 32.3. The Morgan fingerprint density at radius 1 is 0.390 bits per heavy atom. The fourth-order valence-electron chi connectivity index (χ4n) is 7.03. The second-order valence-corrected chi connectivity index (χ2v) is 16.6. The highest BCUT2D eigenvalue weighted by molar-refractivity contribution is 5.69. The number of hydrogen-bond donors (Lipinski definition) is 1. The summed E-state index contributed by atoms with van der Waals surface area (Å²) in [7, 11) is 0. The predicted molar refractivity (Wildman–Crippen MR) is 245 cm³/mol. The molecule has 0 aliphatic carbocycles. The molecule has 0 amide bonds. The zero-order valence-corrected chi connectivity index (χ0v) is 39.4. The summed E-state index contributed by atoms with van der Waals surface area (Å²) in [6.45, 7) is 15.4. The summed E-state index contributed by atoms with van der Waals surface area (Å²) in [5, 5.41) is 0. The number of nitrogens with two attached hydrogens (primary N) is 1. The molecule has 0 fully saturated rings. The minimum Gasteiger partial charge on any atom is -0.466 e. The van der Waals surface area contributed by atoms with Crippen molar-refractivity contribution in [3.05, 3.63) is 0 Å². The number of hydrogen-bond acceptors (Lipinski definition) is 10. The van der Waals surface area contributed by atoms with E-state index in [0.29, 0.717) is 59.0 Å². The van der Waals surface area contributed by atoms with Gasteiger partial charge in [0.05, 0.1) is 26.1 Å². The summed E-state index contributed by atoms with van der Waals surface area (Å²) < 4.78 is 35.6. The molecule has 0 aliphatic rings. The zero-order valence-electron chi connectivity index (χ0n) is 39.4. The Morgan fingerprint density at radius 2 is 0.678 bits per heavy atom. The highest BCUT2D eigenvalue weighted by atomic mass is 16.7. The summed E-state index contributed by atoms with van der Waals surface area (Å²) in [4.78, 5) is 27.7. The van der Waals surface area contributed by atoms with E-state index in [2.05, 4.69) is 32.6 Å². The maximum Gasteiger partial charge on any atom is 0.305 e. The van der Waals surface area contributed by atoms with E-state index in [1.807, 2.05) is 0 Å². The summed E-state index contributed by atoms with van der Waals surface area (Å²) in [6, 6.07) is 0. The molecule has 0 spiro atoms. The molecule has 0 unspecified atom stereocenters.